The van der Waals surface area contributed by atoms with Crippen LogP contribution in [0.15, 0.2) is 30.3 Å². The lowest BCUT2D eigenvalue weighted by Gasteiger charge is -2.31. The van der Waals surface area contributed by atoms with Crippen LogP contribution in [0.2, 0.25) is 0 Å². The van der Waals surface area contributed by atoms with Crippen LogP contribution in [-0.2, 0) is 43.0 Å². The third kappa shape index (κ3) is 13.6. The minimum atomic E-state index is -1.38. The number of amides is 5. The summed E-state index contributed by atoms with van der Waals surface area (Å²) in [4.78, 5) is 90.4. The molecule has 0 aromatic heterocycles. The van der Waals surface area contributed by atoms with Gasteiger partial charge in [0.25, 0.3) is 5.91 Å². The zero-order valence-electron chi connectivity index (χ0n) is 29.4. The molecule has 1 saturated heterocycles. The Balaban J connectivity index is 1.68. The number of aliphatic carboxylic acids is 1. The topological polar surface area (TPSA) is 228 Å². The molecule has 0 radical (unpaired) electrons. The van der Waals surface area contributed by atoms with Crippen LogP contribution < -0.4 is 26.6 Å². The number of hydrogen-bond donors (Lipinski definition) is 6. The summed E-state index contributed by atoms with van der Waals surface area (Å²) in [5.74, 6) is -5.87. The van der Waals surface area contributed by atoms with Gasteiger partial charge in [0.1, 0.15) is 12.1 Å². The van der Waals surface area contributed by atoms with Crippen molar-refractivity contribution in [2.75, 3.05) is 26.4 Å². The predicted molar refractivity (Wildman–Crippen MR) is 182 cm³/mol. The van der Waals surface area contributed by atoms with Gasteiger partial charge in [0.05, 0.1) is 32.4 Å². The minimum Gasteiger partial charge on any atom is -0.479 e. The Labute approximate surface area is 297 Å². The number of carboxylic acid groups (broad SMARTS) is 1. The van der Waals surface area contributed by atoms with Crippen LogP contribution in [0.1, 0.15) is 83.7 Å². The molecule has 16 nitrogen and oxygen atoms in total. The van der Waals surface area contributed by atoms with Crippen LogP contribution in [0, 0.1) is 11.8 Å². The van der Waals surface area contributed by atoms with E-state index in [9.17, 15) is 38.7 Å². The predicted octanol–water partition coefficient (Wildman–Crippen LogP) is 1.48. The van der Waals surface area contributed by atoms with Crippen molar-refractivity contribution in [1.82, 2.24) is 26.6 Å². The summed E-state index contributed by atoms with van der Waals surface area (Å²) < 4.78 is 16.3. The maximum atomic E-state index is 13.8. The van der Waals surface area contributed by atoms with Gasteiger partial charge in [0.15, 0.2) is 12.3 Å². The number of hydrogen-bond acceptors (Lipinski definition) is 10. The van der Waals surface area contributed by atoms with Gasteiger partial charge in [-0.25, -0.2) is 9.59 Å². The highest BCUT2D eigenvalue weighted by atomic mass is 16.7. The van der Waals surface area contributed by atoms with Crippen molar-refractivity contribution < 1.29 is 52.9 Å². The van der Waals surface area contributed by atoms with Crippen LogP contribution in [-0.4, -0.2) is 97.4 Å². The molecule has 1 heterocycles. The highest BCUT2D eigenvalue weighted by Gasteiger charge is 2.37. The van der Waals surface area contributed by atoms with Crippen molar-refractivity contribution in [1.29, 1.82) is 0 Å². The Kier molecular flexibility index (Phi) is 16.8. The molecule has 3 unspecified atom stereocenters. The fraction of sp³-hybridized carbons (Fsp3) is 0.629. The summed E-state index contributed by atoms with van der Waals surface area (Å²) in [6.07, 6.45) is 2.91. The third-order valence-electron chi connectivity index (χ3n) is 8.51. The molecule has 16 heteroatoms. The van der Waals surface area contributed by atoms with E-state index < -0.39 is 78.5 Å². The first kappa shape index (κ1) is 40.9. The highest BCUT2D eigenvalue weighted by molar-refractivity contribution is 6.38. The van der Waals surface area contributed by atoms with E-state index in [1.54, 1.807) is 25.1 Å². The summed E-state index contributed by atoms with van der Waals surface area (Å²) in [6, 6.07) is 3.00. The number of benzene rings is 1. The van der Waals surface area contributed by atoms with E-state index >= 15 is 0 Å². The molecule has 51 heavy (non-hydrogen) atoms. The molecule has 3 rings (SSSR count). The molecule has 282 valence electrons. The van der Waals surface area contributed by atoms with Crippen LogP contribution in [0.3, 0.4) is 0 Å². The van der Waals surface area contributed by atoms with Gasteiger partial charge in [-0.1, -0.05) is 76.8 Å². The molecule has 5 amide bonds. The molecule has 0 spiro atoms. The second-order valence-corrected chi connectivity index (χ2v) is 13.1. The zero-order valence-corrected chi connectivity index (χ0v) is 29.4. The van der Waals surface area contributed by atoms with Gasteiger partial charge in [-0.15, -0.1) is 0 Å². The van der Waals surface area contributed by atoms with Gasteiger partial charge in [0.2, 0.25) is 23.5 Å². The van der Waals surface area contributed by atoms with Crippen molar-refractivity contribution in [3.05, 3.63) is 35.9 Å². The van der Waals surface area contributed by atoms with E-state index in [-0.39, 0.29) is 44.5 Å². The SMILES string of the molecule is CCCC(NC(=O)[C@H](CC1OCCO1)NC(=O)C(NC(=O)OCC(C)C)C1CCCCC1)C(=O)C(=O)NCC(=O)NC(C(=O)O)c1ccccc1. The Morgan fingerprint density at radius 3 is 2.12 bits per heavy atom. The van der Waals surface area contributed by atoms with Crippen molar-refractivity contribution >= 4 is 41.5 Å². The van der Waals surface area contributed by atoms with Gasteiger partial charge in [-0.2, -0.15) is 0 Å². The van der Waals surface area contributed by atoms with Crippen LogP contribution in [0.5, 0.6) is 0 Å². The maximum absolute atomic E-state index is 13.8. The number of alkyl carbamates (subject to hydrolysis) is 1. The lowest BCUT2D eigenvalue weighted by atomic mass is 9.83. The molecule has 6 N–H and O–H groups in total. The van der Waals surface area contributed by atoms with E-state index in [0.717, 1.165) is 19.3 Å². The Morgan fingerprint density at radius 1 is 0.863 bits per heavy atom. The van der Waals surface area contributed by atoms with E-state index in [1.165, 1.54) is 12.1 Å². The quantitative estimate of drug-likeness (QED) is 0.112. The second-order valence-electron chi connectivity index (χ2n) is 13.1. The van der Waals surface area contributed by atoms with E-state index in [2.05, 4.69) is 26.6 Å². The average molecular weight is 718 g/mol. The number of carboxylic acids is 1. The first-order chi connectivity index (χ1) is 24.4. The van der Waals surface area contributed by atoms with E-state index in [4.69, 9.17) is 14.2 Å². The number of Topliss-reactive ketones (excluding diaryl/α,β-unsaturated/α-hetero) is 1. The van der Waals surface area contributed by atoms with E-state index in [0.29, 0.717) is 24.8 Å². The van der Waals surface area contributed by atoms with Gasteiger partial charge in [-0.3, -0.25) is 24.0 Å². The summed E-state index contributed by atoms with van der Waals surface area (Å²) in [5.41, 5.74) is 0.313. The minimum absolute atomic E-state index is 0.0598. The monoisotopic (exact) mass is 717 g/mol. The van der Waals surface area contributed by atoms with Crippen molar-refractivity contribution in [2.45, 2.75) is 103 Å². The summed E-state index contributed by atoms with van der Waals surface area (Å²) in [5, 5.41) is 22.0. The fourth-order valence-corrected chi connectivity index (χ4v) is 5.89. The molecule has 1 aliphatic carbocycles. The standard InChI is InChI=1S/C35H51N5O11/c1-4-11-24(30(42)33(45)36-19-26(41)39-29(34(46)47)23-14-9-6-10-15-23)37-31(43)25(18-27-49-16-17-50-27)38-32(44)28(22-12-7-5-8-13-22)40-35(48)51-20-21(2)3/h6,9-10,14-15,21-22,24-25,27-29H,4-5,7-8,11-13,16-20H2,1-3H3,(H,36,45)(H,37,43)(H,38,44)(H,39,41)(H,40,48)(H,46,47)/t24?,25-,28?,29?/m0/s1. The van der Waals surface area contributed by atoms with Crippen LogP contribution in [0.25, 0.3) is 0 Å². The molecule has 1 aliphatic heterocycles. The van der Waals surface area contributed by atoms with Gasteiger partial charge in [0, 0.05) is 6.42 Å². The lowest BCUT2D eigenvalue weighted by Crippen LogP contribution is -2.59. The zero-order chi connectivity index (χ0) is 37.3. The number of rotatable bonds is 19. The average Bonchev–Trinajstić information content (AvgIpc) is 3.64. The summed E-state index contributed by atoms with van der Waals surface area (Å²) in [6.45, 7) is 5.54. The molecule has 2 aliphatic rings. The number of carbonyl (C=O) groups is 7. The van der Waals surface area contributed by atoms with Crippen molar-refractivity contribution in [3.8, 4) is 0 Å². The summed E-state index contributed by atoms with van der Waals surface area (Å²) >= 11 is 0. The molecule has 2 fully saturated rings. The number of ether oxygens (including phenoxy) is 3. The molecule has 1 aromatic carbocycles. The number of carbonyl (C=O) groups excluding carboxylic acids is 6. The molecule has 1 aromatic rings. The van der Waals surface area contributed by atoms with Crippen molar-refractivity contribution in [2.24, 2.45) is 11.8 Å². The highest BCUT2D eigenvalue weighted by Crippen LogP contribution is 2.27. The van der Waals surface area contributed by atoms with Crippen LogP contribution in [0.4, 0.5) is 4.79 Å². The summed E-state index contributed by atoms with van der Waals surface area (Å²) in [7, 11) is 0. The van der Waals surface area contributed by atoms with E-state index in [1.807, 2.05) is 13.8 Å². The smallest absolute Gasteiger partial charge is 0.407 e. The second kappa shape index (κ2) is 20.9. The molecule has 4 atom stereocenters. The lowest BCUT2D eigenvalue weighted by molar-refractivity contribution is -0.143. The third-order valence-corrected chi connectivity index (χ3v) is 8.51. The van der Waals surface area contributed by atoms with Crippen LogP contribution >= 0.6 is 0 Å². The molecular weight excluding hydrogens is 666 g/mol. The maximum Gasteiger partial charge on any atom is 0.407 e. The molecule has 1 saturated carbocycles. The van der Waals surface area contributed by atoms with Gasteiger partial charge < -0.3 is 45.9 Å². The Hall–Kier alpha value is -4.57. The normalized spacial score (nSPS) is 17.3. The largest absolute Gasteiger partial charge is 0.479 e. The number of ketones is 1. The molecule has 0 bridgehead atoms. The molecular formula is C35H51N5O11. The fourth-order valence-electron chi connectivity index (χ4n) is 5.89. The number of nitrogens with one attached hydrogen (secondary N) is 5. The van der Waals surface area contributed by atoms with Gasteiger partial charge >= 0.3 is 12.1 Å². The first-order valence-corrected chi connectivity index (χ1v) is 17.6. The van der Waals surface area contributed by atoms with Gasteiger partial charge in [-0.05, 0) is 36.7 Å². The first-order valence-electron chi connectivity index (χ1n) is 17.6. The Morgan fingerprint density at radius 2 is 1.51 bits per heavy atom. The Bertz CT molecular complexity index is 1350. The van der Waals surface area contributed by atoms with Crippen molar-refractivity contribution in [3.63, 3.8) is 0 Å².